The number of nitrogens with zero attached hydrogens (tertiary/aromatic N) is 3. The zero-order valence-corrected chi connectivity index (χ0v) is 13.9. The van der Waals surface area contributed by atoms with E-state index in [-0.39, 0.29) is 17.8 Å². The van der Waals surface area contributed by atoms with Gasteiger partial charge < -0.3 is 8.83 Å². The number of carbonyl (C=O) groups excluding carboxylic acids is 1. The highest BCUT2D eigenvalue weighted by Gasteiger charge is 2.14. The molecule has 0 spiro atoms. The SMILES string of the molecule is N#Cc1ccc(-c2cccc(C(=O)Nc3nnc(-c4ccco4)o3)c2)cc1. The number of nitriles is 1. The second-order valence-electron chi connectivity index (χ2n) is 5.61. The van der Waals surface area contributed by atoms with Gasteiger partial charge in [0, 0.05) is 5.56 Å². The number of benzene rings is 2. The number of furan rings is 1. The minimum absolute atomic E-state index is 0.0184. The molecule has 0 radical (unpaired) electrons. The molecule has 1 N–H and O–H groups in total. The largest absolute Gasteiger partial charge is 0.459 e. The lowest BCUT2D eigenvalue weighted by Gasteiger charge is -2.05. The van der Waals surface area contributed by atoms with E-state index in [1.165, 1.54) is 6.26 Å². The van der Waals surface area contributed by atoms with Gasteiger partial charge in [-0.15, -0.1) is 5.10 Å². The standard InChI is InChI=1S/C20H12N4O3/c21-12-13-6-8-14(9-7-13)15-3-1-4-16(11-15)18(25)22-20-24-23-19(27-20)17-5-2-10-26-17/h1-11H,(H,22,24,25). The lowest BCUT2D eigenvalue weighted by molar-refractivity contribution is 0.102. The maximum atomic E-state index is 12.5. The van der Waals surface area contributed by atoms with Gasteiger partial charge in [-0.1, -0.05) is 29.4 Å². The number of rotatable bonds is 4. The van der Waals surface area contributed by atoms with Crippen molar-refractivity contribution in [3.8, 4) is 28.8 Å². The second-order valence-corrected chi connectivity index (χ2v) is 5.61. The number of nitrogens with one attached hydrogen (secondary N) is 1. The molecule has 4 rings (SSSR count). The Morgan fingerprint density at radius 3 is 2.59 bits per heavy atom. The monoisotopic (exact) mass is 356 g/mol. The third-order valence-electron chi connectivity index (χ3n) is 3.85. The number of hydrogen-bond acceptors (Lipinski definition) is 6. The van der Waals surface area contributed by atoms with E-state index in [2.05, 4.69) is 21.6 Å². The third kappa shape index (κ3) is 3.45. The summed E-state index contributed by atoms with van der Waals surface area (Å²) in [5, 5.41) is 19.1. The molecule has 1 amide bonds. The Kier molecular flexibility index (Phi) is 4.21. The van der Waals surface area contributed by atoms with Crippen LogP contribution in [0.2, 0.25) is 0 Å². The van der Waals surface area contributed by atoms with E-state index in [0.29, 0.717) is 16.9 Å². The van der Waals surface area contributed by atoms with E-state index >= 15 is 0 Å². The molecule has 0 aliphatic carbocycles. The van der Waals surface area contributed by atoms with Crippen molar-refractivity contribution in [1.29, 1.82) is 5.26 Å². The Balaban J connectivity index is 1.53. The van der Waals surface area contributed by atoms with E-state index in [1.54, 1.807) is 42.5 Å². The molecule has 7 heteroatoms. The number of amides is 1. The number of hydrogen-bond donors (Lipinski definition) is 1. The molecule has 0 bridgehead atoms. The van der Waals surface area contributed by atoms with E-state index in [9.17, 15) is 4.79 Å². The first kappa shape index (κ1) is 16.3. The first-order valence-corrected chi connectivity index (χ1v) is 8.02. The van der Waals surface area contributed by atoms with Crippen LogP contribution in [-0.4, -0.2) is 16.1 Å². The van der Waals surface area contributed by atoms with E-state index in [4.69, 9.17) is 14.1 Å². The van der Waals surface area contributed by atoms with Gasteiger partial charge in [-0.05, 0) is 47.5 Å². The van der Waals surface area contributed by atoms with Crippen LogP contribution in [-0.2, 0) is 0 Å². The highest BCUT2D eigenvalue weighted by molar-refractivity contribution is 6.03. The average molecular weight is 356 g/mol. The van der Waals surface area contributed by atoms with Crippen molar-refractivity contribution in [3.05, 3.63) is 78.1 Å². The molecule has 4 aromatic rings. The van der Waals surface area contributed by atoms with Gasteiger partial charge in [-0.25, -0.2) is 0 Å². The predicted molar refractivity (Wildman–Crippen MR) is 96.5 cm³/mol. The Labute approximate surface area is 153 Å². The van der Waals surface area contributed by atoms with Crippen LogP contribution in [0.3, 0.4) is 0 Å². The van der Waals surface area contributed by atoms with Crippen LogP contribution in [0.25, 0.3) is 22.8 Å². The van der Waals surface area contributed by atoms with Crippen molar-refractivity contribution in [2.75, 3.05) is 5.32 Å². The molecule has 0 aliphatic rings. The molecule has 0 aliphatic heterocycles. The van der Waals surface area contributed by atoms with Crippen molar-refractivity contribution < 1.29 is 13.6 Å². The lowest BCUT2D eigenvalue weighted by Crippen LogP contribution is -2.12. The zero-order chi connectivity index (χ0) is 18.6. The van der Waals surface area contributed by atoms with Crippen LogP contribution in [0.1, 0.15) is 15.9 Å². The van der Waals surface area contributed by atoms with Crippen molar-refractivity contribution in [1.82, 2.24) is 10.2 Å². The van der Waals surface area contributed by atoms with Gasteiger partial charge >= 0.3 is 6.01 Å². The van der Waals surface area contributed by atoms with Crippen LogP contribution in [0, 0.1) is 11.3 Å². The van der Waals surface area contributed by atoms with Crippen LogP contribution in [0.15, 0.2) is 75.8 Å². The van der Waals surface area contributed by atoms with Crippen molar-refractivity contribution >= 4 is 11.9 Å². The average Bonchev–Trinajstić information content (AvgIpc) is 3.40. The molecule has 2 aromatic carbocycles. The van der Waals surface area contributed by atoms with Crippen LogP contribution in [0.4, 0.5) is 6.01 Å². The van der Waals surface area contributed by atoms with Gasteiger partial charge in [0.05, 0.1) is 17.9 Å². The Morgan fingerprint density at radius 2 is 1.85 bits per heavy atom. The summed E-state index contributed by atoms with van der Waals surface area (Å²) >= 11 is 0. The summed E-state index contributed by atoms with van der Waals surface area (Å²) in [4.78, 5) is 12.5. The maximum absolute atomic E-state index is 12.5. The first-order chi connectivity index (χ1) is 13.2. The van der Waals surface area contributed by atoms with Gasteiger partial charge in [0.15, 0.2) is 5.76 Å². The highest BCUT2D eigenvalue weighted by atomic mass is 16.4. The number of anilines is 1. The third-order valence-corrected chi connectivity index (χ3v) is 3.85. The minimum Gasteiger partial charge on any atom is -0.459 e. The Morgan fingerprint density at radius 1 is 1.00 bits per heavy atom. The molecule has 2 aromatic heterocycles. The topological polar surface area (TPSA) is 105 Å². The zero-order valence-electron chi connectivity index (χ0n) is 13.9. The molecule has 0 unspecified atom stereocenters. The fourth-order valence-corrected chi connectivity index (χ4v) is 2.52. The van der Waals surface area contributed by atoms with Gasteiger partial charge in [-0.3, -0.25) is 10.1 Å². The van der Waals surface area contributed by atoms with Crippen LogP contribution in [0.5, 0.6) is 0 Å². The van der Waals surface area contributed by atoms with Gasteiger partial charge in [0.1, 0.15) is 0 Å². The summed E-state index contributed by atoms with van der Waals surface area (Å²) in [6.07, 6.45) is 1.49. The van der Waals surface area contributed by atoms with Crippen molar-refractivity contribution in [3.63, 3.8) is 0 Å². The first-order valence-electron chi connectivity index (χ1n) is 8.02. The molecule has 0 fully saturated rings. The number of carbonyl (C=O) groups is 1. The maximum Gasteiger partial charge on any atom is 0.322 e. The van der Waals surface area contributed by atoms with Gasteiger partial charge in [0.25, 0.3) is 11.8 Å². The summed E-state index contributed by atoms with van der Waals surface area (Å²) < 4.78 is 10.6. The van der Waals surface area contributed by atoms with Gasteiger partial charge in [-0.2, -0.15) is 5.26 Å². The fourth-order valence-electron chi connectivity index (χ4n) is 2.52. The Hall–Kier alpha value is -4.18. The van der Waals surface area contributed by atoms with Crippen LogP contribution < -0.4 is 5.32 Å². The fraction of sp³-hybridized carbons (Fsp3) is 0. The lowest BCUT2D eigenvalue weighted by atomic mass is 10.0. The quantitative estimate of drug-likeness (QED) is 0.590. The van der Waals surface area contributed by atoms with E-state index < -0.39 is 0 Å². The van der Waals surface area contributed by atoms with Crippen molar-refractivity contribution in [2.24, 2.45) is 0 Å². The van der Waals surface area contributed by atoms with Crippen molar-refractivity contribution in [2.45, 2.75) is 0 Å². The molecular formula is C20H12N4O3. The minimum atomic E-state index is -0.375. The molecule has 0 saturated carbocycles. The number of aromatic nitrogens is 2. The second kappa shape index (κ2) is 6.98. The summed E-state index contributed by atoms with van der Waals surface area (Å²) in [6.45, 7) is 0. The molecule has 130 valence electrons. The molecule has 0 atom stereocenters. The van der Waals surface area contributed by atoms with Gasteiger partial charge in [0.2, 0.25) is 0 Å². The summed E-state index contributed by atoms with van der Waals surface area (Å²) in [5.41, 5.74) is 2.78. The molecule has 0 saturated heterocycles. The van der Waals surface area contributed by atoms with E-state index in [1.807, 2.05) is 18.2 Å². The Bertz CT molecular complexity index is 1120. The van der Waals surface area contributed by atoms with E-state index in [0.717, 1.165) is 11.1 Å². The summed E-state index contributed by atoms with van der Waals surface area (Å²) in [6, 6.07) is 19.7. The molecule has 7 nitrogen and oxygen atoms in total. The summed E-state index contributed by atoms with van der Waals surface area (Å²) in [5.74, 6) is 0.229. The van der Waals surface area contributed by atoms with Crippen LogP contribution >= 0.6 is 0 Å². The summed E-state index contributed by atoms with van der Waals surface area (Å²) in [7, 11) is 0. The molecule has 27 heavy (non-hydrogen) atoms. The molecule has 2 heterocycles. The molecular weight excluding hydrogens is 344 g/mol. The highest BCUT2D eigenvalue weighted by Crippen LogP contribution is 2.23. The smallest absolute Gasteiger partial charge is 0.322 e. The normalized spacial score (nSPS) is 10.3. The predicted octanol–water partition coefficient (Wildman–Crippen LogP) is 4.12.